The number of carbonyl (C=O) groups excluding carboxylic acids is 4. The van der Waals surface area contributed by atoms with Crippen molar-refractivity contribution in [1.82, 2.24) is 19.7 Å². The smallest absolute Gasteiger partial charge is 0.246 e. The molecule has 3 amide bonds. The predicted octanol–water partition coefficient (Wildman–Crippen LogP) is 4.51. The lowest BCUT2D eigenvalue weighted by Crippen LogP contribution is -2.61. The van der Waals surface area contributed by atoms with Crippen LogP contribution in [0.15, 0.2) is 66.2 Å². The Balaban J connectivity index is 1.35. The van der Waals surface area contributed by atoms with E-state index in [0.29, 0.717) is 38.8 Å². The quantitative estimate of drug-likeness (QED) is 0.178. The minimum atomic E-state index is -0.955. The summed E-state index contributed by atoms with van der Waals surface area (Å²) in [5.41, 5.74) is 2.95. The van der Waals surface area contributed by atoms with Gasteiger partial charge in [-0.3, -0.25) is 14.4 Å². The highest BCUT2D eigenvalue weighted by atomic mass is 32.1. The number of nitrogens with one attached hydrogen (secondary N) is 1. The summed E-state index contributed by atoms with van der Waals surface area (Å²) < 4.78 is 10.7. The molecule has 0 bridgehead atoms. The number of amides is 3. The van der Waals surface area contributed by atoms with E-state index in [1.807, 2.05) is 73.1 Å². The Morgan fingerprint density at radius 3 is 2.49 bits per heavy atom. The molecule has 2 aromatic carbocycles. The number of aromatic amines is 1. The first kappa shape index (κ1) is 33.7. The Kier molecular flexibility index (Phi) is 11.3. The first-order chi connectivity index (χ1) is 22.8. The molecule has 1 fully saturated rings. The SMILES string of the molecule is CCC(C=O)N(CCc1c[nH]c2ccc(OC)cc12)C(=O)CC1C(=O)N(CCc2ccc(OC)cc2)CC(=O)N1CCc1cccs1. The van der Waals surface area contributed by atoms with Gasteiger partial charge in [-0.05, 0) is 78.6 Å². The lowest BCUT2D eigenvalue weighted by Gasteiger charge is -2.41. The number of benzene rings is 2. The Morgan fingerprint density at radius 2 is 1.81 bits per heavy atom. The number of H-pyrrole nitrogens is 1. The van der Waals surface area contributed by atoms with E-state index in [1.54, 1.807) is 40.3 Å². The lowest BCUT2D eigenvalue weighted by molar-refractivity contribution is -0.158. The summed E-state index contributed by atoms with van der Waals surface area (Å²) in [5, 5.41) is 2.96. The summed E-state index contributed by atoms with van der Waals surface area (Å²) in [6.45, 7) is 2.78. The highest BCUT2D eigenvalue weighted by Crippen LogP contribution is 2.25. The van der Waals surface area contributed by atoms with Crippen LogP contribution in [0.3, 0.4) is 0 Å². The highest BCUT2D eigenvalue weighted by Gasteiger charge is 2.41. The third-order valence-corrected chi connectivity index (χ3v) is 9.82. The van der Waals surface area contributed by atoms with Crippen molar-refractivity contribution in [3.63, 3.8) is 0 Å². The number of aldehydes is 1. The van der Waals surface area contributed by atoms with Gasteiger partial charge in [0.1, 0.15) is 23.8 Å². The summed E-state index contributed by atoms with van der Waals surface area (Å²) in [7, 11) is 3.22. The molecule has 0 radical (unpaired) electrons. The summed E-state index contributed by atoms with van der Waals surface area (Å²) >= 11 is 1.59. The van der Waals surface area contributed by atoms with Crippen molar-refractivity contribution in [2.24, 2.45) is 0 Å². The first-order valence-corrected chi connectivity index (χ1v) is 16.8. The van der Waals surface area contributed by atoms with E-state index in [4.69, 9.17) is 9.47 Å². The number of rotatable bonds is 16. The number of hydrogen-bond donors (Lipinski definition) is 1. The molecule has 1 aliphatic heterocycles. The number of methoxy groups -OCH3 is 2. The molecule has 0 saturated carbocycles. The van der Waals surface area contributed by atoms with E-state index in [9.17, 15) is 19.2 Å². The largest absolute Gasteiger partial charge is 0.497 e. The second-order valence-electron chi connectivity index (χ2n) is 11.7. The van der Waals surface area contributed by atoms with Crippen LogP contribution in [0.4, 0.5) is 0 Å². The van der Waals surface area contributed by atoms with Crippen molar-refractivity contribution >= 4 is 46.2 Å². The number of thiophene rings is 1. The van der Waals surface area contributed by atoms with Gasteiger partial charge in [-0.2, -0.15) is 0 Å². The number of aromatic nitrogens is 1. The van der Waals surface area contributed by atoms with Crippen molar-refractivity contribution < 1.29 is 28.7 Å². The number of carbonyl (C=O) groups is 4. The molecule has 1 saturated heterocycles. The molecule has 10 nitrogen and oxygen atoms in total. The van der Waals surface area contributed by atoms with Gasteiger partial charge in [0, 0.05) is 41.6 Å². The number of hydrogen-bond acceptors (Lipinski definition) is 7. The van der Waals surface area contributed by atoms with Crippen molar-refractivity contribution in [3.05, 3.63) is 82.2 Å². The molecule has 2 atom stereocenters. The van der Waals surface area contributed by atoms with E-state index >= 15 is 0 Å². The van der Waals surface area contributed by atoms with Crippen LogP contribution in [0.5, 0.6) is 11.5 Å². The van der Waals surface area contributed by atoms with Gasteiger partial charge in [-0.15, -0.1) is 11.3 Å². The van der Waals surface area contributed by atoms with Crippen molar-refractivity contribution in [1.29, 1.82) is 0 Å². The van der Waals surface area contributed by atoms with Gasteiger partial charge in [0.15, 0.2) is 0 Å². The van der Waals surface area contributed by atoms with Crippen molar-refractivity contribution in [2.75, 3.05) is 40.4 Å². The van der Waals surface area contributed by atoms with Gasteiger partial charge in [0.2, 0.25) is 17.7 Å². The molecule has 0 spiro atoms. The monoisotopic (exact) mass is 658 g/mol. The van der Waals surface area contributed by atoms with Crippen molar-refractivity contribution in [2.45, 2.75) is 51.1 Å². The van der Waals surface area contributed by atoms with Gasteiger partial charge >= 0.3 is 0 Å². The fourth-order valence-electron chi connectivity index (χ4n) is 6.14. The molecule has 2 aromatic heterocycles. The number of piperazine rings is 1. The molecule has 2 unspecified atom stereocenters. The molecule has 11 heteroatoms. The Labute approximate surface area is 279 Å². The maximum absolute atomic E-state index is 14.1. The topological polar surface area (TPSA) is 112 Å². The lowest BCUT2D eigenvalue weighted by atomic mass is 10.0. The van der Waals surface area contributed by atoms with Gasteiger partial charge in [0.05, 0.1) is 33.2 Å². The third kappa shape index (κ3) is 8.02. The molecule has 4 aromatic rings. The molecule has 47 heavy (non-hydrogen) atoms. The molecule has 1 N–H and O–H groups in total. The fourth-order valence-corrected chi connectivity index (χ4v) is 6.84. The van der Waals surface area contributed by atoms with E-state index in [2.05, 4.69) is 4.98 Å². The average Bonchev–Trinajstić information content (AvgIpc) is 3.77. The molecule has 0 aliphatic carbocycles. The number of ether oxygens (including phenoxy) is 2. The zero-order valence-electron chi connectivity index (χ0n) is 27.1. The second kappa shape index (κ2) is 15.8. The minimum Gasteiger partial charge on any atom is -0.497 e. The third-order valence-electron chi connectivity index (χ3n) is 8.89. The molecular weight excluding hydrogens is 616 g/mol. The Bertz CT molecular complexity index is 1670. The van der Waals surface area contributed by atoms with Crippen LogP contribution >= 0.6 is 11.3 Å². The highest BCUT2D eigenvalue weighted by molar-refractivity contribution is 7.09. The van der Waals surface area contributed by atoms with Gasteiger partial charge < -0.3 is 34.0 Å². The van der Waals surface area contributed by atoms with E-state index in [0.717, 1.165) is 44.7 Å². The summed E-state index contributed by atoms with van der Waals surface area (Å²) in [4.78, 5) is 63.0. The summed E-state index contributed by atoms with van der Waals surface area (Å²) in [6.07, 6.45) is 4.59. The molecule has 248 valence electrons. The van der Waals surface area contributed by atoms with Gasteiger partial charge in [0.25, 0.3) is 0 Å². The van der Waals surface area contributed by atoms with Crippen LogP contribution in [-0.4, -0.2) is 96.2 Å². The zero-order chi connectivity index (χ0) is 33.3. The Morgan fingerprint density at radius 1 is 1.04 bits per heavy atom. The van der Waals surface area contributed by atoms with E-state index < -0.39 is 12.1 Å². The van der Waals surface area contributed by atoms with Crippen LogP contribution in [0.1, 0.15) is 35.8 Å². The van der Waals surface area contributed by atoms with E-state index in [1.165, 1.54) is 0 Å². The minimum absolute atomic E-state index is 0.0379. The summed E-state index contributed by atoms with van der Waals surface area (Å²) in [5.74, 6) is 0.708. The number of fused-ring (bicyclic) bond motifs is 1. The Hall–Kier alpha value is -4.64. The maximum Gasteiger partial charge on any atom is 0.246 e. The van der Waals surface area contributed by atoms with Crippen LogP contribution < -0.4 is 9.47 Å². The van der Waals surface area contributed by atoms with Crippen LogP contribution in [0.25, 0.3) is 10.9 Å². The number of nitrogens with zero attached hydrogens (tertiary/aromatic N) is 3. The summed E-state index contributed by atoms with van der Waals surface area (Å²) in [6, 6.07) is 15.7. The van der Waals surface area contributed by atoms with E-state index in [-0.39, 0.29) is 37.2 Å². The first-order valence-electron chi connectivity index (χ1n) is 16.0. The normalized spacial score (nSPS) is 15.6. The van der Waals surface area contributed by atoms with Crippen LogP contribution in [-0.2, 0) is 38.4 Å². The predicted molar refractivity (Wildman–Crippen MR) is 182 cm³/mol. The van der Waals surface area contributed by atoms with Gasteiger partial charge in [-0.25, -0.2) is 0 Å². The maximum atomic E-state index is 14.1. The zero-order valence-corrected chi connectivity index (χ0v) is 28.0. The fraction of sp³-hybridized carbons (Fsp3) is 0.389. The standard InChI is InChI=1S/C36H42N4O6S/c1-4-27(24-41)39(17-14-26-22-37-32-12-11-29(46-3)20-31(26)32)34(42)21-33-36(44)38(16-13-25-7-9-28(45-2)10-8-25)23-35(43)40(33)18-15-30-6-5-19-47-30/h5-12,19-20,22,24,27,33,37H,4,13-18,21,23H2,1-3H3. The average molecular weight is 659 g/mol. The van der Waals surface area contributed by atoms with Crippen LogP contribution in [0.2, 0.25) is 0 Å². The van der Waals surface area contributed by atoms with Crippen molar-refractivity contribution in [3.8, 4) is 11.5 Å². The second-order valence-corrected chi connectivity index (χ2v) is 12.7. The molecule has 5 rings (SSSR count). The molecule has 1 aliphatic rings. The molecule has 3 heterocycles. The van der Waals surface area contributed by atoms with Gasteiger partial charge in [-0.1, -0.05) is 25.1 Å². The molecular formula is C36H42N4O6S. The van der Waals surface area contributed by atoms with Crippen LogP contribution in [0, 0.1) is 0 Å².